The van der Waals surface area contributed by atoms with Crippen molar-refractivity contribution in [2.24, 2.45) is 0 Å². The van der Waals surface area contributed by atoms with Crippen LogP contribution in [0, 0.1) is 5.82 Å². The first-order valence-electron chi connectivity index (χ1n) is 7.03. The maximum Gasteiger partial charge on any atom is 0.438 e. The van der Waals surface area contributed by atoms with Crippen molar-refractivity contribution in [2.75, 3.05) is 7.05 Å². The van der Waals surface area contributed by atoms with Gasteiger partial charge in [-0.1, -0.05) is 12.1 Å². The maximum atomic E-state index is 13.2. The Morgan fingerprint density at radius 1 is 1.26 bits per heavy atom. The summed E-state index contributed by atoms with van der Waals surface area (Å²) in [5.74, 6) is -0.575. The van der Waals surface area contributed by atoms with Gasteiger partial charge in [0.1, 0.15) is 12.5 Å². The first kappa shape index (κ1) is 15.1. The zero-order valence-electron chi connectivity index (χ0n) is 12.5. The number of halogens is 1. The fourth-order valence-corrected chi connectivity index (χ4v) is 2.23. The lowest BCUT2D eigenvalue weighted by molar-refractivity contribution is 0.236. The van der Waals surface area contributed by atoms with E-state index in [1.165, 1.54) is 16.8 Å². The average molecular weight is 314 g/mol. The highest BCUT2D eigenvalue weighted by molar-refractivity contribution is 5.50. The van der Waals surface area contributed by atoms with Crippen LogP contribution in [0.3, 0.4) is 0 Å². The van der Waals surface area contributed by atoms with Gasteiger partial charge in [-0.3, -0.25) is 9.88 Å². The standard InChI is InChI=1S/C16H15FN4O2/c1-20(10-12-3-2-4-14(17)9-12)11-21-16(22)23-15(19-21)13-5-7-18-8-6-13/h2-9H,10-11H2,1H3. The van der Waals surface area contributed by atoms with Crippen molar-refractivity contribution >= 4 is 0 Å². The van der Waals surface area contributed by atoms with Crippen LogP contribution < -0.4 is 5.76 Å². The normalized spacial score (nSPS) is 11.1. The Hall–Kier alpha value is -2.80. The molecule has 0 spiro atoms. The molecule has 3 rings (SSSR count). The molecule has 0 saturated carbocycles. The molecule has 2 heterocycles. The Morgan fingerprint density at radius 2 is 2.04 bits per heavy atom. The number of hydrogen-bond donors (Lipinski definition) is 0. The van der Waals surface area contributed by atoms with Gasteiger partial charge in [0.2, 0.25) is 5.89 Å². The summed E-state index contributed by atoms with van der Waals surface area (Å²) in [6.07, 6.45) is 3.20. The van der Waals surface area contributed by atoms with Crippen LogP contribution in [0.5, 0.6) is 0 Å². The van der Waals surface area contributed by atoms with E-state index in [0.29, 0.717) is 12.1 Å². The number of aromatic nitrogens is 3. The molecule has 0 unspecified atom stereocenters. The summed E-state index contributed by atoms with van der Waals surface area (Å²) in [6, 6.07) is 9.77. The molecule has 7 heteroatoms. The minimum atomic E-state index is -0.539. The van der Waals surface area contributed by atoms with E-state index in [2.05, 4.69) is 10.1 Å². The minimum Gasteiger partial charge on any atom is -0.388 e. The van der Waals surface area contributed by atoms with E-state index in [4.69, 9.17) is 4.42 Å². The summed E-state index contributed by atoms with van der Waals surface area (Å²) in [7, 11) is 1.82. The number of rotatable bonds is 5. The van der Waals surface area contributed by atoms with Crippen LogP contribution in [0.15, 0.2) is 58.0 Å². The van der Waals surface area contributed by atoms with Crippen molar-refractivity contribution in [3.05, 3.63) is 70.7 Å². The van der Waals surface area contributed by atoms with E-state index in [-0.39, 0.29) is 18.4 Å². The molecule has 2 aromatic heterocycles. The molecular weight excluding hydrogens is 299 g/mol. The SMILES string of the molecule is CN(Cc1cccc(F)c1)Cn1nc(-c2ccncc2)oc1=O. The van der Waals surface area contributed by atoms with Crippen molar-refractivity contribution in [3.63, 3.8) is 0 Å². The number of nitrogens with zero attached hydrogens (tertiary/aromatic N) is 4. The average Bonchev–Trinajstić information content (AvgIpc) is 2.89. The largest absolute Gasteiger partial charge is 0.438 e. The molecule has 0 aliphatic rings. The number of pyridine rings is 1. The van der Waals surface area contributed by atoms with Crippen LogP contribution in [0.25, 0.3) is 11.5 Å². The summed E-state index contributed by atoms with van der Waals surface area (Å²) in [5.41, 5.74) is 1.50. The summed E-state index contributed by atoms with van der Waals surface area (Å²) in [4.78, 5) is 17.6. The van der Waals surface area contributed by atoms with Gasteiger partial charge in [-0.2, -0.15) is 4.68 Å². The Kier molecular flexibility index (Phi) is 4.29. The first-order chi connectivity index (χ1) is 11.1. The van der Waals surface area contributed by atoms with Crippen molar-refractivity contribution in [3.8, 4) is 11.5 Å². The van der Waals surface area contributed by atoms with Gasteiger partial charge in [0.05, 0.1) is 0 Å². The number of benzene rings is 1. The van der Waals surface area contributed by atoms with Crippen molar-refractivity contribution in [1.82, 2.24) is 19.7 Å². The van der Waals surface area contributed by atoms with E-state index in [0.717, 1.165) is 5.56 Å². The van der Waals surface area contributed by atoms with E-state index < -0.39 is 5.76 Å². The molecule has 1 aromatic carbocycles. The lowest BCUT2D eigenvalue weighted by Gasteiger charge is -2.15. The second-order valence-electron chi connectivity index (χ2n) is 5.19. The fraction of sp³-hybridized carbons (Fsp3) is 0.188. The van der Waals surface area contributed by atoms with Crippen LogP contribution in [-0.4, -0.2) is 26.7 Å². The van der Waals surface area contributed by atoms with Gasteiger partial charge in [0.15, 0.2) is 0 Å². The maximum absolute atomic E-state index is 13.2. The third-order valence-corrected chi connectivity index (χ3v) is 3.25. The van der Waals surface area contributed by atoms with Crippen LogP contribution in [0.1, 0.15) is 5.56 Å². The predicted molar refractivity (Wildman–Crippen MR) is 81.9 cm³/mol. The van der Waals surface area contributed by atoms with Crippen LogP contribution >= 0.6 is 0 Å². The molecule has 0 saturated heterocycles. The van der Waals surface area contributed by atoms with E-state index in [9.17, 15) is 9.18 Å². The summed E-state index contributed by atoms with van der Waals surface area (Å²) in [6.45, 7) is 0.728. The molecular formula is C16H15FN4O2. The molecule has 0 radical (unpaired) electrons. The quantitative estimate of drug-likeness (QED) is 0.722. The van der Waals surface area contributed by atoms with Crippen LogP contribution in [0.2, 0.25) is 0 Å². The molecule has 0 fully saturated rings. The molecule has 0 aliphatic carbocycles. The zero-order valence-corrected chi connectivity index (χ0v) is 12.5. The molecule has 0 aliphatic heterocycles. The van der Waals surface area contributed by atoms with Gasteiger partial charge in [-0.25, -0.2) is 9.18 Å². The molecule has 6 nitrogen and oxygen atoms in total. The highest BCUT2D eigenvalue weighted by atomic mass is 19.1. The Morgan fingerprint density at radius 3 is 2.78 bits per heavy atom. The second-order valence-corrected chi connectivity index (χ2v) is 5.19. The monoisotopic (exact) mass is 314 g/mol. The predicted octanol–water partition coefficient (Wildman–Crippen LogP) is 2.13. The summed E-state index contributed by atoms with van der Waals surface area (Å²) >= 11 is 0. The van der Waals surface area contributed by atoms with E-state index >= 15 is 0 Å². The molecule has 118 valence electrons. The molecule has 0 amide bonds. The van der Waals surface area contributed by atoms with Crippen molar-refractivity contribution < 1.29 is 8.81 Å². The van der Waals surface area contributed by atoms with E-state index in [1.54, 1.807) is 30.6 Å². The smallest absolute Gasteiger partial charge is 0.388 e. The molecule has 3 aromatic rings. The third kappa shape index (κ3) is 3.70. The molecule has 0 bridgehead atoms. The summed E-state index contributed by atoms with van der Waals surface area (Å²) in [5, 5.41) is 4.17. The lowest BCUT2D eigenvalue weighted by atomic mass is 10.2. The third-order valence-electron chi connectivity index (χ3n) is 3.25. The van der Waals surface area contributed by atoms with Crippen molar-refractivity contribution in [2.45, 2.75) is 13.2 Å². The van der Waals surface area contributed by atoms with E-state index in [1.807, 2.05) is 18.0 Å². The van der Waals surface area contributed by atoms with Crippen LogP contribution in [-0.2, 0) is 13.2 Å². The highest BCUT2D eigenvalue weighted by Gasteiger charge is 2.12. The second kappa shape index (κ2) is 6.53. The van der Waals surface area contributed by atoms with Gasteiger partial charge in [-0.05, 0) is 36.9 Å². The van der Waals surface area contributed by atoms with Crippen molar-refractivity contribution in [1.29, 1.82) is 0 Å². The van der Waals surface area contributed by atoms with Gasteiger partial charge in [0.25, 0.3) is 0 Å². The van der Waals surface area contributed by atoms with Gasteiger partial charge in [-0.15, -0.1) is 5.10 Å². The topological polar surface area (TPSA) is 64.2 Å². The first-order valence-corrected chi connectivity index (χ1v) is 7.03. The molecule has 0 atom stereocenters. The van der Waals surface area contributed by atoms with Gasteiger partial charge < -0.3 is 4.42 Å². The molecule has 23 heavy (non-hydrogen) atoms. The Bertz CT molecular complexity index is 845. The fourth-order valence-electron chi connectivity index (χ4n) is 2.23. The number of hydrogen-bond acceptors (Lipinski definition) is 5. The zero-order chi connectivity index (χ0) is 16.2. The Labute approximate surface area is 131 Å². The van der Waals surface area contributed by atoms with Crippen LogP contribution in [0.4, 0.5) is 4.39 Å². The minimum absolute atomic E-state index is 0.240. The highest BCUT2D eigenvalue weighted by Crippen LogP contribution is 2.13. The Balaban J connectivity index is 1.73. The summed E-state index contributed by atoms with van der Waals surface area (Å²) < 4.78 is 19.6. The lowest BCUT2D eigenvalue weighted by Crippen LogP contribution is -2.28. The van der Waals surface area contributed by atoms with Gasteiger partial charge >= 0.3 is 5.76 Å². The molecule has 0 N–H and O–H groups in total. The van der Waals surface area contributed by atoms with Gasteiger partial charge in [0, 0.05) is 24.5 Å².